The highest BCUT2D eigenvalue weighted by atomic mass is 19.3. The summed E-state index contributed by atoms with van der Waals surface area (Å²) in [6.45, 7) is 0. The number of aliphatic carboxylic acids is 1. The molecule has 2 atom stereocenters. The molecule has 2 N–H and O–H groups in total. The van der Waals surface area contributed by atoms with Crippen LogP contribution in [0.15, 0.2) is 0 Å². The van der Waals surface area contributed by atoms with Gasteiger partial charge in [-0.1, -0.05) is 0 Å². The molecule has 4 saturated carbocycles. The lowest BCUT2D eigenvalue weighted by atomic mass is 9.52. The predicted molar refractivity (Wildman–Crippen MR) is 70.6 cm³/mol. The Morgan fingerprint density at radius 3 is 2.04 bits per heavy atom. The standard InChI is InChI=1S/C15H18F4O5/c16-14(17,10(20)21)7-15(18,19)11(22)24-13-4-8-1-9(5-13)3-12(23,2-8)6-13/h8-9,23H,1-7H2,(H,20,21). The van der Waals surface area contributed by atoms with Gasteiger partial charge in [-0.05, 0) is 43.9 Å². The van der Waals surface area contributed by atoms with Crippen molar-refractivity contribution in [2.24, 2.45) is 11.8 Å². The van der Waals surface area contributed by atoms with Crippen LogP contribution in [0, 0.1) is 11.8 Å². The highest BCUT2D eigenvalue weighted by molar-refractivity contribution is 5.81. The van der Waals surface area contributed by atoms with Gasteiger partial charge < -0.3 is 14.9 Å². The van der Waals surface area contributed by atoms with Crippen LogP contribution in [-0.4, -0.2) is 45.2 Å². The number of carbonyl (C=O) groups is 2. The molecule has 4 bridgehead atoms. The van der Waals surface area contributed by atoms with Crippen molar-refractivity contribution < 1.29 is 42.1 Å². The number of carbonyl (C=O) groups excluding carboxylic acids is 1. The Morgan fingerprint density at radius 1 is 1.04 bits per heavy atom. The van der Waals surface area contributed by atoms with Gasteiger partial charge >= 0.3 is 23.8 Å². The number of ether oxygens (including phenoxy) is 1. The number of hydrogen-bond acceptors (Lipinski definition) is 4. The Bertz CT molecular complexity index is 562. The van der Waals surface area contributed by atoms with Crippen LogP contribution >= 0.6 is 0 Å². The van der Waals surface area contributed by atoms with E-state index in [1.165, 1.54) is 0 Å². The zero-order valence-corrected chi connectivity index (χ0v) is 12.7. The SMILES string of the molecule is O=C(O)C(F)(F)CC(F)(F)C(=O)OC12CC3CC(CC(O)(C3)C1)C2. The Balaban J connectivity index is 1.73. The summed E-state index contributed by atoms with van der Waals surface area (Å²) >= 11 is 0. The van der Waals surface area contributed by atoms with Gasteiger partial charge in [0.25, 0.3) is 0 Å². The van der Waals surface area contributed by atoms with Crippen molar-refractivity contribution in [3.63, 3.8) is 0 Å². The molecule has 0 amide bonds. The molecule has 9 heteroatoms. The maximum Gasteiger partial charge on any atom is 0.377 e. The number of esters is 1. The molecule has 0 spiro atoms. The summed E-state index contributed by atoms with van der Waals surface area (Å²) in [5.41, 5.74) is -2.33. The van der Waals surface area contributed by atoms with Gasteiger partial charge in [-0.2, -0.15) is 17.6 Å². The Hall–Kier alpha value is -1.38. The normalized spacial score (nSPS) is 38.2. The maximum absolute atomic E-state index is 13.8. The van der Waals surface area contributed by atoms with Crippen molar-refractivity contribution in [1.29, 1.82) is 0 Å². The Labute approximate surface area is 135 Å². The van der Waals surface area contributed by atoms with Gasteiger partial charge in [-0.3, -0.25) is 0 Å². The van der Waals surface area contributed by atoms with Crippen LogP contribution in [0.5, 0.6) is 0 Å². The third-order valence-electron chi connectivity index (χ3n) is 5.34. The van der Waals surface area contributed by atoms with Gasteiger partial charge in [0, 0.05) is 6.42 Å². The summed E-state index contributed by atoms with van der Waals surface area (Å²) in [7, 11) is 0. The molecule has 4 aliphatic carbocycles. The molecule has 2 unspecified atom stereocenters. The van der Waals surface area contributed by atoms with Crippen LogP contribution in [-0.2, 0) is 14.3 Å². The number of carboxylic acids is 1. The Kier molecular flexibility index (Phi) is 3.68. The lowest BCUT2D eigenvalue weighted by Gasteiger charge is -2.59. The van der Waals surface area contributed by atoms with E-state index in [-0.39, 0.29) is 18.3 Å². The summed E-state index contributed by atoms with van der Waals surface area (Å²) in [4.78, 5) is 22.1. The molecule has 0 aromatic carbocycles. The highest BCUT2D eigenvalue weighted by Gasteiger charge is 2.61. The quantitative estimate of drug-likeness (QED) is 0.585. The number of aliphatic hydroxyl groups is 1. The van der Waals surface area contributed by atoms with Crippen LogP contribution in [0.3, 0.4) is 0 Å². The predicted octanol–water partition coefficient (Wildman–Crippen LogP) is 2.36. The smallest absolute Gasteiger partial charge is 0.377 e. The number of alkyl halides is 4. The minimum atomic E-state index is -4.73. The van der Waals surface area contributed by atoms with Crippen LogP contribution in [0.2, 0.25) is 0 Å². The maximum atomic E-state index is 13.8. The van der Waals surface area contributed by atoms with E-state index in [1.54, 1.807) is 0 Å². The first-order valence-corrected chi connectivity index (χ1v) is 7.80. The molecule has 4 fully saturated rings. The van der Waals surface area contributed by atoms with E-state index in [1.807, 2.05) is 0 Å². The summed E-state index contributed by atoms with van der Waals surface area (Å²) in [5.74, 6) is -14.1. The topological polar surface area (TPSA) is 83.8 Å². The van der Waals surface area contributed by atoms with Gasteiger partial charge in [0.1, 0.15) is 5.60 Å². The first-order chi connectivity index (χ1) is 10.8. The van der Waals surface area contributed by atoms with E-state index < -0.39 is 41.4 Å². The largest absolute Gasteiger partial charge is 0.477 e. The van der Waals surface area contributed by atoms with Gasteiger partial charge in [0.05, 0.1) is 12.0 Å². The second kappa shape index (κ2) is 5.06. The highest BCUT2D eigenvalue weighted by Crippen LogP contribution is 2.59. The molecular weight excluding hydrogens is 336 g/mol. The zero-order valence-electron chi connectivity index (χ0n) is 12.7. The van der Waals surface area contributed by atoms with Crippen molar-refractivity contribution >= 4 is 11.9 Å². The van der Waals surface area contributed by atoms with Gasteiger partial charge in [0.15, 0.2) is 0 Å². The molecule has 0 radical (unpaired) electrons. The summed E-state index contributed by atoms with van der Waals surface area (Å²) in [5, 5.41) is 18.7. The monoisotopic (exact) mass is 354 g/mol. The van der Waals surface area contributed by atoms with E-state index in [2.05, 4.69) is 0 Å². The number of carboxylic acid groups (broad SMARTS) is 1. The minimum Gasteiger partial charge on any atom is -0.477 e. The van der Waals surface area contributed by atoms with E-state index in [9.17, 15) is 32.3 Å². The van der Waals surface area contributed by atoms with Crippen LogP contribution < -0.4 is 0 Å². The van der Waals surface area contributed by atoms with Crippen LogP contribution in [0.25, 0.3) is 0 Å². The third kappa shape index (κ3) is 2.98. The lowest BCUT2D eigenvalue weighted by molar-refractivity contribution is -0.238. The molecule has 5 nitrogen and oxygen atoms in total. The van der Waals surface area contributed by atoms with Gasteiger partial charge in [-0.15, -0.1) is 0 Å². The molecule has 4 rings (SSSR count). The van der Waals surface area contributed by atoms with Crippen LogP contribution in [0.4, 0.5) is 17.6 Å². The average Bonchev–Trinajstić information content (AvgIpc) is 2.33. The van der Waals surface area contributed by atoms with Crippen molar-refractivity contribution in [3.05, 3.63) is 0 Å². The molecule has 4 aliphatic rings. The second-order valence-corrected chi connectivity index (χ2v) is 7.65. The first kappa shape index (κ1) is 17.4. The lowest BCUT2D eigenvalue weighted by Crippen LogP contribution is -2.61. The van der Waals surface area contributed by atoms with E-state index in [0.717, 1.165) is 6.42 Å². The molecule has 0 aromatic rings. The van der Waals surface area contributed by atoms with Crippen molar-refractivity contribution in [2.75, 3.05) is 0 Å². The Morgan fingerprint density at radius 2 is 1.58 bits per heavy atom. The van der Waals surface area contributed by atoms with Gasteiger partial charge in [0.2, 0.25) is 0 Å². The third-order valence-corrected chi connectivity index (χ3v) is 5.34. The summed E-state index contributed by atoms with van der Waals surface area (Å²) in [6, 6.07) is 0. The van der Waals surface area contributed by atoms with Gasteiger partial charge in [-0.25, -0.2) is 9.59 Å². The summed E-state index contributed by atoms with van der Waals surface area (Å²) in [6.07, 6.45) is 0.0963. The number of halogens is 4. The molecule has 136 valence electrons. The van der Waals surface area contributed by atoms with E-state index >= 15 is 0 Å². The first-order valence-electron chi connectivity index (χ1n) is 7.80. The fourth-order valence-electron chi connectivity index (χ4n) is 4.95. The van der Waals surface area contributed by atoms with E-state index in [0.29, 0.717) is 25.7 Å². The molecule has 24 heavy (non-hydrogen) atoms. The molecule has 0 heterocycles. The number of hydrogen-bond donors (Lipinski definition) is 2. The fourth-order valence-corrected chi connectivity index (χ4v) is 4.95. The van der Waals surface area contributed by atoms with Crippen molar-refractivity contribution in [3.8, 4) is 0 Å². The minimum absolute atomic E-state index is 0.0180. The fraction of sp³-hybridized carbons (Fsp3) is 0.867. The molecule has 0 aromatic heterocycles. The van der Waals surface area contributed by atoms with Crippen molar-refractivity contribution in [1.82, 2.24) is 0 Å². The zero-order chi connectivity index (χ0) is 18.0. The average molecular weight is 354 g/mol. The second-order valence-electron chi connectivity index (χ2n) is 7.65. The molecule has 0 saturated heterocycles. The van der Waals surface area contributed by atoms with Crippen molar-refractivity contribution in [2.45, 2.75) is 68.0 Å². The molecule has 0 aliphatic heterocycles. The van der Waals surface area contributed by atoms with Crippen LogP contribution in [0.1, 0.15) is 44.9 Å². The summed E-state index contributed by atoms with van der Waals surface area (Å²) < 4.78 is 58.5. The molecular formula is C15H18F4O5. The van der Waals surface area contributed by atoms with E-state index in [4.69, 9.17) is 9.84 Å². The number of rotatable bonds is 5.